The van der Waals surface area contributed by atoms with Gasteiger partial charge in [-0.25, -0.2) is 4.98 Å². The number of aromatic nitrogens is 1. The molecular formula is C15H13N3O3S. The summed E-state index contributed by atoms with van der Waals surface area (Å²) in [5, 5.41) is 15.4. The van der Waals surface area contributed by atoms with Crippen LogP contribution in [0.4, 0.5) is 5.69 Å². The maximum atomic E-state index is 11.8. The molecule has 6 nitrogen and oxygen atoms in total. The summed E-state index contributed by atoms with van der Waals surface area (Å²) in [5.41, 5.74) is 3.75. The number of benzene rings is 1. The molecule has 0 saturated carbocycles. The van der Waals surface area contributed by atoms with Gasteiger partial charge in [-0.2, -0.15) is 0 Å². The van der Waals surface area contributed by atoms with E-state index in [1.54, 1.807) is 23.9 Å². The van der Waals surface area contributed by atoms with Gasteiger partial charge in [0.15, 0.2) is 0 Å². The second kappa shape index (κ2) is 6.83. The molecule has 0 aliphatic rings. The highest BCUT2D eigenvalue weighted by atomic mass is 32.1. The highest BCUT2D eigenvalue weighted by Crippen LogP contribution is 2.24. The van der Waals surface area contributed by atoms with Crippen LogP contribution in [-0.2, 0) is 6.42 Å². The number of nitrogens with zero attached hydrogens (tertiary/aromatic N) is 2. The first-order valence-electron chi connectivity index (χ1n) is 6.44. The normalized spacial score (nSPS) is 10.0. The Kier molecular flexibility index (Phi) is 4.86. The third-order valence-electron chi connectivity index (χ3n) is 3.24. The summed E-state index contributed by atoms with van der Waals surface area (Å²) in [7, 11) is 0. The van der Waals surface area contributed by atoms with Crippen molar-refractivity contribution in [3.8, 4) is 12.3 Å². The Morgan fingerprint density at radius 3 is 2.91 bits per heavy atom. The molecule has 1 aromatic carbocycles. The van der Waals surface area contributed by atoms with Crippen molar-refractivity contribution in [1.82, 2.24) is 10.3 Å². The average molecular weight is 315 g/mol. The molecule has 1 amide bonds. The summed E-state index contributed by atoms with van der Waals surface area (Å²) in [6.07, 6.45) is 5.90. The highest BCUT2D eigenvalue weighted by molar-refractivity contribution is 7.07. The lowest BCUT2D eigenvalue weighted by atomic mass is 9.98. The zero-order chi connectivity index (χ0) is 16.1. The number of thiazole rings is 1. The predicted molar refractivity (Wildman–Crippen MR) is 83.9 cm³/mol. The van der Waals surface area contributed by atoms with Crippen molar-refractivity contribution in [2.75, 3.05) is 6.54 Å². The molecule has 22 heavy (non-hydrogen) atoms. The Hall–Kier alpha value is -2.72. The van der Waals surface area contributed by atoms with E-state index in [0.717, 1.165) is 5.56 Å². The topological polar surface area (TPSA) is 85.1 Å². The largest absolute Gasteiger partial charge is 0.350 e. The second-order valence-corrected chi connectivity index (χ2v) is 5.24. The maximum absolute atomic E-state index is 11.8. The van der Waals surface area contributed by atoms with E-state index in [4.69, 9.17) is 6.42 Å². The van der Waals surface area contributed by atoms with Crippen LogP contribution >= 0.6 is 11.3 Å². The van der Waals surface area contributed by atoms with E-state index in [0.29, 0.717) is 24.2 Å². The van der Waals surface area contributed by atoms with E-state index < -0.39 is 4.92 Å². The van der Waals surface area contributed by atoms with Gasteiger partial charge in [-0.05, 0) is 24.5 Å². The van der Waals surface area contributed by atoms with Gasteiger partial charge in [-0.1, -0.05) is 12.0 Å². The molecule has 0 aliphatic heterocycles. The molecule has 1 N–H and O–H groups in total. The summed E-state index contributed by atoms with van der Waals surface area (Å²) in [4.78, 5) is 26.1. The third kappa shape index (κ3) is 3.30. The third-order valence-corrected chi connectivity index (χ3v) is 3.83. The van der Waals surface area contributed by atoms with Gasteiger partial charge in [0.2, 0.25) is 0 Å². The number of nitrogens with one attached hydrogen (secondary N) is 1. The second-order valence-electron chi connectivity index (χ2n) is 4.52. The molecular weight excluding hydrogens is 302 g/mol. The summed E-state index contributed by atoms with van der Waals surface area (Å²) in [6.45, 7) is 2.15. The fraction of sp³-hybridized carbons (Fsp3) is 0.200. The lowest BCUT2D eigenvalue weighted by Gasteiger charge is -2.09. The van der Waals surface area contributed by atoms with E-state index in [2.05, 4.69) is 16.2 Å². The zero-order valence-corrected chi connectivity index (χ0v) is 12.6. The Morgan fingerprint density at radius 2 is 2.32 bits per heavy atom. The molecule has 0 radical (unpaired) electrons. The number of nitro groups is 1. The van der Waals surface area contributed by atoms with Crippen molar-refractivity contribution in [2.24, 2.45) is 0 Å². The molecule has 2 aromatic rings. The van der Waals surface area contributed by atoms with Gasteiger partial charge >= 0.3 is 0 Å². The lowest BCUT2D eigenvalue weighted by Crippen LogP contribution is -2.26. The van der Waals surface area contributed by atoms with Crippen LogP contribution in [0.2, 0.25) is 0 Å². The van der Waals surface area contributed by atoms with E-state index in [-0.39, 0.29) is 17.2 Å². The number of terminal acetylenes is 1. The van der Waals surface area contributed by atoms with Gasteiger partial charge < -0.3 is 5.32 Å². The number of carbonyl (C=O) groups excluding carboxylic acids is 1. The first kappa shape index (κ1) is 15.7. The van der Waals surface area contributed by atoms with Crippen molar-refractivity contribution in [2.45, 2.75) is 13.3 Å². The van der Waals surface area contributed by atoms with Crippen molar-refractivity contribution >= 4 is 22.9 Å². The van der Waals surface area contributed by atoms with Crippen molar-refractivity contribution in [1.29, 1.82) is 0 Å². The van der Waals surface area contributed by atoms with E-state index in [1.165, 1.54) is 17.4 Å². The van der Waals surface area contributed by atoms with Crippen LogP contribution in [0.3, 0.4) is 0 Å². The molecule has 1 aromatic heterocycles. The van der Waals surface area contributed by atoms with Gasteiger partial charge in [0, 0.05) is 18.0 Å². The average Bonchev–Trinajstić information content (AvgIpc) is 3.02. The first-order chi connectivity index (χ1) is 10.5. The SMILES string of the molecule is C#Cc1c([N+](=O)[O-])ccc(CCNC(=O)c2cscn2)c1C. The molecule has 0 atom stereocenters. The Balaban J connectivity index is 2.06. The van der Waals surface area contributed by atoms with Gasteiger partial charge in [0.05, 0.1) is 10.4 Å². The summed E-state index contributed by atoms with van der Waals surface area (Å²) < 4.78 is 0. The van der Waals surface area contributed by atoms with Crippen LogP contribution in [-0.4, -0.2) is 22.4 Å². The minimum Gasteiger partial charge on any atom is -0.350 e. The van der Waals surface area contributed by atoms with E-state index >= 15 is 0 Å². The molecule has 112 valence electrons. The van der Waals surface area contributed by atoms with Crippen LogP contribution < -0.4 is 5.32 Å². The van der Waals surface area contributed by atoms with E-state index in [9.17, 15) is 14.9 Å². The minimum atomic E-state index is -0.490. The lowest BCUT2D eigenvalue weighted by molar-refractivity contribution is -0.385. The molecule has 7 heteroatoms. The Morgan fingerprint density at radius 1 is 1.55 bits per heavy atom. The number of nitro benzene ring substituents is 1. The van der Waals surface area contributed by atoms with Crippen LogP contribution in [0, 0.1) is 29.4 Å². The molecule has 0 bridgehead atoms. The number of hydrogen-bond acceptors (Lipinski definition) is 5. The van der Waals surface area contributed by atoms with Crippen LogP contribution in [0.15, 0.2) is 23.0 Å². The monoisotopic (exact) mass is 315 g/mol. The smallest absolute Gasteiger partial charge is 0.285 e. The maximum Gasteiger partial charge on any atom is 0.285 e. The number of amides is 1. The molecule has 1 heterocycles. The molecule has 0 saturated heterocycles. The molecule has 0 aliphatic carbocycles. The van der Waals surface area contributed by atoms with Gasteiger partial charge in [0.1, 0.15) is 11.3 Å². The van der Waals surface area contributed by atoms with Crippen molar-refractivity contribution < 1.29 is 9.72 Å². The van der Waals surface area contributed by atoms with Crippen LogP contribution in [0.1, 0.15) is 27.2 Å². The molecule has 0 unspecified atom stereocenters. The highest BCUT2D eigenvalue weighted by Gasteiger charge is 2.16. The van der Waals surface area contributed by atoms with Gasteiger partial charge in [-0.15, -0.1) is 17.8 Å². The fourth-order valence-electron chi connectivity index (χ4n) is 2.07. The fourth-order valence-corrected chi connectivity index (χ4v) is 2.60. The number of hydrogen-bond donors (Lipinski definition) is 1. The molecule has 0 fully saturated rings. The summed E-state index contributed by atoms with van der Waals surface area (Å²) in [5.74, 6) is 2.13. The summed E-state index contributed by atoms with van der Waals surface area (Å²) >= 11 is 1.35. The van der Waals surface area contributed by atoms with E-state index in [1.807, 2.05) is 0 Å². The standard InChI is InChI=1S/C15H13N3O3S/c1-3-12-10(2)11(4-5-14(12)18(20)21)6-7-16-15(19)13-8-22-9-17-13/h1,4-5,8-9H,6-7H2,2H3,(H,16,19). The van der Waals surface area contributed by atoms with Crippen LogP contribution in [0.25, 0.3) is 0 Å². The van der Waals surface area contributed by atoms with Gasteiger partial charge in [-0.3, -0.25) is 14.9 Å². The van der Waals surface area contributed by atoms with Crippen molar-refractivity contribution in [3.05, 3.63) is 55.5 Å². The summed E-state index contributed by atoms with van der Waals surface area (Å²) in [6, 6.07) is 3.07. The number of carbonyl (C=O) groups is 1. The van der Waals surface area contributed by atoms with Crippen LogP contribution in [0.5, 0.6) is 0 Å². The molecule has 2 rings (SSSR count). The minimum absolute atomic E-state index is 0.0738. The first-order valence-corrected chi connectivity index (χ1v) is 7.38. The van der Waals surface area contributed by atoms with Gasteiger partial charge in [0.25, 0.3) is 11.6 Å². The quantitative estimate of drug-likeness (QED) is 0.521. The Bertz CT molecular complexity index is 748. The zero-order valence-electron chi connectivity index (χ0n) is 11.8. The number of rotatable bonds is 5. The molecule has 0 spiro atoms. The Labute approximate surface area is 131 Å². The predicted octanol–water partition coefficient (Wildman–Crippen LogP) is 2.31. The van der Waals surface area contributed by atoms with Crippen molar-refractivity contribution in [3.63, 3.8) is 0 Å².